The second kappa shape index (κ2) is 6.04. The molecule has 8 heteroatoms. The molecule has 2 aliphatic rings. The molecule has 0 radical (unpaired) electrons. The number of aromatic nitrogens is 3. The number of carbonyl (C=O) groups is 1. The zero-order valence-corrected chi connectivity index (χ0v) is 13.5. The number of amides is 1. The SMILES string of the molecule is CN1C(=O)CNc2nc(-c3cccnc3)nc(N3CCNCC3)c21. The first-order valence-corrected chi connectivity index (χ1v) is 8.02. The highest BCUT2D eigenvalue weighted by molar-refractivity contribution is 6.04. The van der Waals surface area contributed by atoms with Crippen LogP contribution in [-0.2, 0) is 4.79 Å². The highest BCUT2D eigenvalue weighted by atomic mass is 16.2. The van der Waals surface area contributed by atoms with Gasteiger partial charge in [0.1, 0.15) is 5.69 Å². The van der Waals surface area contributed by atoms with Gasteiger partial charge in [0.05, 0.1) is 6.54 Å². The van der Waals surface area contributed by atoms with Gasteiger partial charge >= 0.3 is 0 Å². The Hall–Kier alpha value is -2.74. The molecule has 1 amide bonds. The second-order valence-corrected chi connectivity index (χ2v) is 5.85. The van der Waals surface area contributed by atoms with E-state index in [0.717, 1.165) is 43.2 Å². The van der Waals surface area contributed by atoms with Crippen LogP contribution in [0.1, 0.15) is 0 Å². The Balaban J connectivity index is 1.86. The molecule has 2 aromatic heterocycles. The Morgan fingerprint density at radius 3 is 2.79 bits per heavy atom. The van der Waals surface area contributed by atoms with Crippen molar-refractivity contribution in [1.29, 1.82) is 0 Å². The summed E-state index contributed by atoms with van der Waals surface area (Å²) in [7, 11) is 1.78. The minimum atomic E-state index is 0.0108. The lowest BCUT2D eigenvalue weighted by Gasteiger charge is -2.34. The van der Waals surface area contributed by atoms with Gasteiger partial charge in [0.25, 0.3) is 0 Å². The minimum absolute atomic E-state index is 0.0108. The van der Waals surface area contributed by atoms with Crippen LogP contribution < -0.4 is 20.4 Å². The lowest BCUT2D eigenvalue weighted by Crippen LogP contribution is -2.46. The van der Waals surface area contributed by atoms with E-state index in [0.29, 0.717) is 11.6 Å². The third-order valence-electron chi connectivity index (χ3n) is 4.32. The monoisotopic (exact) mass is 325 g/mol. The summed E-state index contributed by atoms with van der Waals surface area (Å²) in [4.78, 5) is 29.5. The maximum atomic E-state index is 12.1. The number of anilines is 3. The van der Waals surface area contributed by atoms with Gasteiger partial charge in [-0.25, -0.2) is 9.97 Å². The van der Waals surface area contributed by atoms with Crippen molar-refractivity contribution in [2.75, 3.05) is 54.9 Å². The molecular weight excluding hydrogens is 306 g/mol. The maximum absolute atomic E-state index is 12.1. The van der Waals surface area contributed by atoms with Gasteiger partial charge in [-0.3, -0.25) is 9.78 Å². The van der Waals surface area contributed by atoms with Crippen molar-refractivity contribution < 1.29 is 4.79 Å². The van der Waals surface area contributed by atoms with Crippen molar-refractivity contribution in [1.82, 2.24) is 20.3 Å². The summed E-state index contributed by atoms with van der Waals surface area (Å²) in [5.41, 5.74) is 1.61. The van der Waals surface area contributed by atoms with Crippen molar-refractivity contribution in [3.63, 3.8) is 0 Å². The average Bonchev–Trinajstić information content (AvgIpc) is 2.65. The molecule has 0 spiro atoms. The molecular formula is C16H19N7O. The number of nitrogens with zero attached hydrogens (tertiary/aromatic N) is 5. The van der Waals surface area contributed by atoms with Crippen LogP contribution in [0.15, 0.2) is 24.5 Å². The fourth-order valence-electron chi connectivity index (χ4n) is 3.00. The molecule has 24 heavy (non-hydrogen) atoms. The van der Waals surface area contributed by atoms with E-state index in [-0.39, 0.29) is 12.5 Å². The first-order chi connectivity index (χ1) is 11.7. The molecule has 0 aromatic carbocycles. The largest absolute Gasteiger partial charge is 0.359 e. The predicted molar refractivity (Wildman–Crippen MR) is 92.2 cm³/mol. The van der Waals surface area contributed by atoms with E-state index in [9.17, 15) is 4.79 Å². The van der Waals surface area contributed by atoms with Crippen LogP contribution in [0.5, 0.6) is 0 Å². The van der Waals surface area contributed by atoms with Crippen LogP contribution >= 0.6 is 0 Å². The lowest BCUT2D eigenvalue weighted by molar-refractivity contribution is -0.116. The van der Waals surface area contributed by atoms with E-state index in [1.807, 2.05) is 12.1 Å². The van der Waals surface area contributed by atoms with Crippen LogP contribution in [0.2, 0.25) is 0 Å². The van der Waals surface area contributed by atoms with E-state index in [1.165, 1.54) is 0 Å². The van der Waals surface area contributed by atoms with E-state index in [1.54, 1.807) is 24.3 Å². The van der Waals surface area contributed by atoms with Crippen molar-refractivity contribution in [2.24, 2.45) is 0 Å². The Labute approximate surface area is 139 Å². The number of fused-ring (bicyclic) bond motifs is 1. The summed E-state index contributed by atoms with van der Waals surface area (Å²) in [5.74, 6) is 2.12. The number of hydrogen-bond donors (Lipinski definition) is 2. The molecule has 4 rings (SSSR count). The van der Waals surface area contributed by atoms with E-state index >= 15 is 0 Å². The molecule has 2 aromatic rings. The Kier molecular flexibility index (Phi) is 3.73. The molecule has 0 atom stereocenters. The van der Waals surface area contributed by atoms with Gasteiger partial charge in [-0.05, 0) is 12.1 Å². The first kappa shape index (κ1) is 14.8. The van der Waals surface area contributed by atoms with E-state index < -0.39 is 0 Å². The summed E-state index contributed by atoms with van der Waals surface area (Å²) < 4.78 is 0. The Morgan fingerprint density at radius 2 is 2.04 bits per heavy atom. The van der Waals surface area contributed by atoms with Crippen LogP contribution in [0.25, 0.3) is 11.4 Å². The topological polar surface area (TPSA) is 86.3 Å². The molecule has 1 fully saturated rings. The van der Waals surface area contributed by atoms with Crippen LogP contribution in [0.3, 0.4) is 0 Å². The number of hydrogen-bond acceptors (Lipinski definition) is 7. The van der Waals surface area contributed by atoms with Crippen LogP contribution in [0.4, 0.5) is 17.3 Å². The molecule has 4 heterocycles. The van der Waals surface area contributed by atoms with Gasteiger partial charge in [-0.1, -0.05) is 0 Å². The summed E-state index contributed by atoms with van der Waals surface area (Å²) >= 11 is 0. The van der Waals surface area contributed by atoms with Gasteiger partial charge in [0.15, 0.2) is 17.5 Å². The van der Waals surface area contributed by atoms with Gasteiger partial charge in [-0.15, -0.1) is 0 Å². The highest BCUT2D eigenvalue weighted by Gasteiger charge is 2.29. The molecule has 0 unspecified atom stereocenters. The van der Waals surface area contributed by atoms with Crippen molar-refractivity contribution in [3.05, 3.63) is 24.5 Å². The third-order valence-corrected chi connectivity index (χ3v) is 4.32. The van der Waals surface area contributed by atoms with Gasteiger partial charge in [0.2, 0.25) is 5.91 Å². The summed E-state index contributed by atoms with van der Waals surface area (Å²) in [6, 6.07) is 3.81. The summed E-state index contributed by atoms with van der Waals surface area (Å²) in [5, 5.41) is 6.47. The predicted octanol–water partition coefficient (Wildman–Crippen LogP) is 0.337. The number of nitrogens with one attached hydrogen (secondary N) is 2. The number of likely N-dealkylation sites (N-methyl/N-ethyl adjacent to an activating group) is 1. The molecule has 0 saturated carbocycles. The molecule has 0 bridgehead atoms. The van der Waals surface area contributed by atoms with Crippen molar-refractivity contribution in [2.45, 2.75) is 0 Å². The normalized spacial score (nSPS) is 17.5. The molecule has 0 aliphatic carbocycles. The van der Waals surface area contributed by atoms with E-state index in [4.69, 9.17) is 4.98 Å². The highest BCUT2D eigenvalue weighted by Crippen LogP contribution is 2.37. The van der Waals surface area contributed by atoms with Crippen molar-refractivity contribution >= 4 is 23.2 Å². The number of rotatable bonds is 2. The fraction of sp³-hybridized carbons (Fsp3) is 0.375. The quantitative estimate of drug-likeness (QED) is 0.823. The number of pyridine rings is 1. The van der Waals surface area contributed by atoms with Crippen LogP contribution in [-0.4, -0.2) is 60.6 Å². The summed E-state index contributed by atoms with van der Waals surface area (Å²) in [6.45, 7) is 3.72. The van der Waals surface area contributed by atoms with Gasteiger partial charge in [0, 0.05) is 51.2 Å². The maximum Gasteiger partial charge on any atom is 0.246 e. The number of carbonyl (C=O) groups excluding carboxylic acids is 1. The smallest absolute Gasteiger partial charge is 0.246 e. The average molecular weight is 325 g/mol. The summed E-state index contributed by atoms with van der Waals surface area (Å²) in [6.07, 6.45) is 3.48. The standard InChI is InChI=1S/C16H19N7O/c1-22-12(24)10-19-15-13(22)16(23-7-5-17-6-8-23)21-14(20-15)11-3-2-4-18-9-11/h2-4,9,17H,5-8,10H2,1H3,(H,19,20,21). The van der Waals surface area contributed by atoms with Crippen molar-refractivity contribution in [3.8, 4) is 11.4 Å². The Bertz CT molecular complexity index is 759. The zero-order chi connectivity index (χ0) is 16.5. The molecule has 2 aliphatic heterocycles. The molecule has 124 valence electrons. The lowest BCUT2D eigenvalue weighted by atomic mass is 10.2. The second-order valence-electron chi connectivity index (χ2n) is 5.85. The van der Waals surface area contributed by atoms with Gasteiger partial charge in [-0.2, -0.15) is 0 Å². The third kappa shape index (κ3) is 2.54. The minimum Gasteiger partial charge on any atom is -0.359 e. The molecule has 8 nitrogen and oxygen atoms in total. The zero-order valence-electron chi connectivity index (χ0n) is 13.5. The first-order valence-electron chi connectivity index (χ1n) is 8.02. The molecule has 2 N–H and O–H groups in total. The number of piperazine rings is 1. The Morgan fingerprint density at radius 1 is 1.21 bits per heavy atom. The molecule has 1 saturated heterocycles. The van der Waals surface area contributed by atoms with Gasteiger partial charge < -0.3 is 20.4 Å². The van der Waals surface area contributed by atoms with Crippen LogP contribution in [0, 0.1) is 0 Å². The van der Waals surface area contributed by atoms with E-state index in [2.05, 4.69) is 25.5 Å². The fourth-order valence-corrected chi connectivity index (χ4v) is 3.00.